The molecule has 0 aliphatic carbocycles. The van der Waals surface area contributed by atoms with Crippen molar-refractivity contribution < 1.29 is 9.53 Å². The SMILES string of the molecule is O=C(Nc1cccc(OCc2cccnc2)c1)c1nc(N2CCCC2)ncc1Cl. The van der Waals surface area contributed by atoms with Crippen LogP contribution >= 0.6 is 11.6 Å². The summed E-state index contributed by atoms with van der Waals surface area (Å²) in [6, 6.07) is 11.0. The first-order valence-corrected chi connectivity index (χ1v) is 9.77. The Morgan fingerprint density at radius 3 is 2.83 bits per heavy atom. The van der Waals surface area contributed by atoms with Gasteiger partial charge < -0.3 is 15.0 Å². The van der Waals surface area contributed by atoms with Crippen molar-refractivity contribution in [1.29, 1.82) is 0 Å². The van der Waals surface area contributed by atoms with E-state index in [0.29, 0.717) is 24.0 Å². The molecule has 148 valence electrons. The number of anilines is 2. The Hall–Kier alpha value is -3.19. The highest BCUT2D eigenvalue weighted by atomic mass is 35.5. The molecule has 1 fully saturated rings. The van der Waals surface area contributed by atoms with Crippen LogP contribution in [0.25, 0.3) is 0 Å². The number of halogens is 1. The normalized spacial score (nSPS) is 13.3. The molecule has 1 aromatic carbocycles. The smallest absolute Gasteiger partial charge is 0.276 e. The Labute approximate surface area is 173 Å². The lowest BCUT2D eigenvalue weighted by Gasteiger charge is -2.16. The number of hydrogen-bond donors (Lipinski definition) is 1. The number of nitrogens with one attached hydrogen (secondary N) is 1. The van der Waals surface area contributed by atoms with E-state index in [-0.39, 0.29) is 16.6 Å². The molecular formula is C21H20ClN5O2. The van der Waals surface area contributed by atoms with Crippen LogP contribution in [0.15, 0.2) is 55.0 Å². The Morgan fingerprint density at radius 1 is 1.17 bits per heavy atom. The summed E-state index contributed by atoms with van der Waals surface area (Å²) in [6.07, 6.45) is 7.14. The minimum atomic E-state index is -0.387. The summed E-state index contributed by atoms with van der Waals surface area (Å²) in [5.74, 6) is 0.783. The van der Waals surface area contributed by atoms with Crippen LogP contribution in [0, 0.1) is 0 Å². The van der Waals surface area contributed by atoms with Crippen LogP contribution in [0.4, 0.5) is 11.6 Å². The lowest BCUT2D eigenvalue weighted by molar-refractivity contribution is 0.102. The number of hydrogen-bond acceptors (Lipinski definition) is 6. The quantitative estimate of drug-likeness (QED) is 0.663. The lowest BCUT2D eigenvalue weighted by Crippen LogP contribution is -2.23. The van der Waals surface area contributed by atoms with E-state index in [1.165, 1.54) is 6.20 Å². The van der Waals surface area contributed by atoms with Crippen molar-refractivity contribution in [2.75, 3.05) is 23.3 Å². The van der Waals surface area contributed by atoms with Gasteiger partial charge in [-0.15, -0.1) is 0 Å². The highest BCUT2D eigenvalue weighted by Crippen LogP contribution is 2.22. The summed E-state index contributed by atoms with van der Waals surface area (Å²) >= 11 is 6.18. The zero-order chi connectivity index (χ0) is 20.1. The maximum Gasteiger partial charge on any atom is 0.276 e. The van der Waals surface area contributed by atoms with Crippen LogP contribution in [0.3, 0.4) is 0 Å². The second kappa shape index (κ2) is 8.87. The maximum absolute atomic E-state index is 12.7. The third kappa shape index (κ3) is 4.81. The number of aromatic nitrogens is 3. The topological polar surface area (TPSA) is 80.2 Å². The molecule has 1 aliphatic heterocycles. The van der Waals surface area contributed by atoms with E-state index in [4.69, 9.17) is 16.3 Å². The van der Waals surface area contributed by atoms with Gasteiger partial charge in [-0.25, -0.2) is 9.97 Å². The number of amides is 1. The van der Waals surface area contributed by atoms with E-state index in [0.717, 1.165) is 31.5 Å². The van der Waals surface area contributed by atoms with Gasteiger partial charge in [-0.1, -0.05) is 23.7 Å². The van der Waals surface area contributed by atoms with Gasteiger partial charge in [-0.3, -0.25) is 9.78 Å². The average molecular weight is 410 g/mol. The van der Waals surface area contributed by atoms with Crippen LogP contribution in [-0.4, -0.2) is 33.9 Å². The number of carbonyl (C=O) groups excluding carboxylic acids is 1. The van der Waals surface area contributed by atoms with Gasteiger partial charge in [0.25, 0.3) is 5.91 Å². The van der Waals surface area contributed by atoms with Crippen molar-refractivity contribution in [1.82, 2.24) is 15.0 Å². The molecule has 7 nitrogen and oxygen atoms in total. The van der Waals surface area contributed by atoms with E-state index in [2.05, 4.69) is 25.2 Å². The summed E-state index contributed by atoms with van der Waals surface area (Å²) < 4.78 is 5.78. The van der Waals surface area contributed by atoms with E-state index in [9.17, 15) is 4.79 Å². The Balaban J connectivity index is 1.45. The van der Waals surface area contributed by atoms with Crippen molar-refractivity contribution in [3.63, 3.8) is 0 Å². The van der Waals surface area contributed by atoms with E-state index in [1.807, 2.05) is 24.3 Å². The van der Waals surface area contributed by atoms with Crippen LogP contribution in [0.2, 0.25) is 5.02 Å². The minimum absolute atomic E-state index is 0.158. The second-order valence-electron chi connectivity index (χ2n) is 6.69. The first kappa shape index (κ1) is 19.1. The van der Waals surface area contributed by atoms with Crippen LogP contribution < -0.4 is 15.0 Å². The number of rotatable bonds is 6. The summed E-state index contributed by atoms with van der Waals surface area (Å²) in [5.41, 5.74) is 1.71. The third-order valence-corrected chi connectivity index (χ3v) is 4.83. The highest BCUT2D eigenvalue weighted by molar-refractivity contribution is 6.34. The number of nitrogens with zero attached hydrogens (tertiary/aromatic N) is 4. The van der Waals surface area contributed by atoms with Gasteiger partial charge >= 0.3 is 0 Å². The zero-order valence-corrected chi connectivity index (χ0v) is 16.5. The van der Waals surface area contributed by atoms with Crippen molar-refractivity contribution in [2.45, 2.75) is 19.4 Å². The Morgan fingerprint density at radius 2 is 2.03 bits per heavy atom. The molecule has 1 N–H and O–H groups in total. The van der Waals surface area contributed by atoms with Crippen LogP contribution in [0.5, 0.6) is 5.75 Å². The molecular weight excluding hydrogens is 390 g/mol. The largest absolute Gasteiger partial charge is 0.489 e. The fraction of sp³-hybridized carbons (Fsp3) is 0.238. The molecule has 0 saturated carbocycles. The van der Waals surface area contributed by atoms with Gasteiger partial charge in [0.15, 0.2) is 5.69 Å². The van der Waals surface area contributed by atoms with Gasteiger partial charge in [-0.2, -0.15) is 0 Å². The molecule has 4 rings (SSSR count). The molecule has 2 aromatic heterocycles. The van der Waals surface area contributed by atoms with Crippen molar-refractivity contribution in [3.05, 3.63) is 71.3 Å². The molecule has 0 spiro atoms. The van der Waals surface area contributed by atoms with Crippen LogP contribution in [0.1, 0.15) is 28.9 Å². The molecule has 0 unspecified atom stereocenters. The first-order chi connectivity index (χ1) is 14.2. The second-order valence-corrected chi connectivity index (χ2v) is 7.10. The Bertz CT molecular complexity index is 993. The van der Waals surface area contributed by atoms with Gasteiger partial charge in [0.1, 0.15) is 12.4 Å². The monoisotopic (exact) mass is 409 g/mol. The van der Waals surface area contributed by atoms with Crippen molar-refractivity contribution in [2.24, 2.45) is 0 Å². The van der Waals surface area contributed by atoms with Crippen LogP contribution in [-0.2, 0) is 6.61 Å². The van der Waals surface area contributed by atoms with E-state index in [1.54, 1.807) is 24.5 Å². The number of pyridine rings is 1. The molecule has 0 atom stereocenters. The molecule has 8 heteroatoms. The average Bonchev–Trinajstić information content (AvgIpc) is 3.28. The highest BCUT2D eigenvalue weighted by Gasteiger charge is 2.19. The van der Waals surface area contributed by atoms with Gasteiger partial charge in [0.05, 0.1) is 11.2 Å². The van der Waals surface area contributed by atoms with Crippen molar-refractivity contribution >= 4 is 29.1 Å². The summed E-state index contributed by atoms with van der Waals surface area (Å²) in [4.78, 5) is 27.5. The fourth-order valence-electron chi connectivity index (χ4n) is 3.09. The molecule has 0 radical (unpaired) electrons. The Kier molecular flexibility index (Phi) is 5.86. The third-order valence-electron chi connectivity index (χ3n) is 4.56. The maximum atomic E-state index is 12.7. The molecule has 1 saturated heterocycles. The van der Waals surface area contributed by atoms with Gasteiger partial charge in [-0.05, 0) is 31.0 Å². The summed E-state index contributed by atoms with van der Waals surface area (Å²) in [7, 11) is 0. The number of benzene rings is 1. The summed E-state index contributed by atoms with van der Waals surface area (Å²) in [6.45, 7) is 2.17. The summed E-state index contributed by atoms with van der Waals surface area (Å²) in [5, 5.41) is 3.05. The zero-order valence-electron chi connectivity index (χ0n) is 15.7. The molecule has 1 amide bonds. The molecule has 3 aromatic rings. The molecule has 3 heterocycles. The van der Waals surface area contributed by atoms with E-state index < -0.39 is 0 Å². The van der Waals surface area contributed by atoms with Crippen molar-refractivity contribution in [3.8, 4) is 5.75 Å². The van der Waals surface area contributed by atoms with Gasteiger partial charge in [0.2, 0.25) is 5.95 Å². The standard InChI is InChI=1S/C21H20ClN5O2/c22-18-13-24-21(27-9-1-2-10-27)26-19(18)20(28)25-16-6-3-7-17(11-16)29-14-15-5-4-8-23-12-15/h3-8,11-13H,1-2,9-10,14H2,(H,25,28). The molecule has 1 aliphatic rings. The minimum Gasteiger partial charge on any atom is -0.489 e. The lowest BCUT2D eigenvalue weighted by atomic mass is 10.2. The first-order valence-electron chi connectivity index (χ1n) is 9.39. The molecule has 29 heavy (non-hydrogen) atoms. The van der Waals surface area contributed by atoms with E-state index >= 15 is 0 Å². The van der Waals surface area contributed by atoms with Gasteiger partial charge in [0, 0.05) is 42.8 Å². The number of carbonyl (C=O) groups is 1. The predicted octanol–water partition coefficient (Wildman–Crippen LogP) is 3.96. The fourth-order valence-corrected chi connectivity index (χ4v) is 3.27. The molecule has 0 bridgehead atoms. The number of ether oxygens (including phenoxy) is 1. The predicted molar refractivity (Wildman–Crippen MR) is 111 cm³/mol.